The van der Waals surface area contributed by atoms with Gasteiger partial charge in [0.1, 0.15) is 12.8 Å². The van der Waals surface area contributed by atoms with Crippen molar-refractivity contribution in [2.75, 3.05) is 25.1 Å². The maximum atomic E-state index is 13.8. The van der Waals surface area contributed by atoms with Gasteiger partial charge in [-0.3, -0.25) is 4.79 Å². The maximum Gasteiger partial charge on any atom is 0.407 e. The van der Waals surface area contributed by atoms with Crippen LogP contribution in [0.2, 0.25) is 43.8 Å². The number of carbonyl (C=O) groups excluding carboxylic acids is 2. The number of amides is 2. The second-order valence-corrected chi connectivity index (χ2v) is 27.2. The molecule has 2 amide bonds. The van der Waals surface area contributed by atoms with Crippen molar-refractivity contribution in [2.24, 2.45) is 17.8 Å². The molecule has 2 aromatic rings. The number of rotatable bonds is 18. The fourth-order valence-electron chi connectivity index (χ4n) is 6.02. The van der Waals surface area contributed by atoms with Crippen LogP contribution in [0.4, 0.5) is 10.5 Å². The molecule has 2 N–H and O–H groups in total. The number of hydrogen-bond acceptors (Lipinski definition) is 6. The summed E-state index contributed by atoms with van der Waals surface area (Å²) in [5.74, 6) is 0.914. The smallest absolute Gasteiger partial charge is 0.407 e. The number of benzene rings is 1. The first-order valence-electron chi connectivity index (χ1n) is 18.1. The lowest BCUT2D eigenvalue weighted by atomic mass is 9.88. The third-order valence-corrected chi connectivity index (χ3v) is 16.6. The molecule has 2 aliphatic rings. The van der Waals surface area contributed by atoms with E-state index in [0.717, 1.165) is 73.7 Å². The van der Waals surface area contributed by atoms with E-state index in [9.17, 15) is 9.59 Å². The molecule has 0 spiro atoms. The number of anilines is 1. The molecular weight excluding hydrogens is 637 g/mol. The number of hydrogen-bond donors (Lipinski definition) is 2. The Balaban J connectivity index is 1.33. The van der Waals surface area contributed by atoms with Crippen molar-refractivity contribution in [1.29, 1.82) is 0 Å². The van der Waals surface area contributed by atoms with E-state index in [-0.39, 0.29) is 16.9 Å². The summed E-state index contributed by atoms with van der Waals surface area (Å²) in [5.41, 5.74) is 4.82. The zero-order valence-electron chi connectivity index (χ0n) is 31.3. The predicted octanol–water partition coefficient (Wildman–Crippen LogP) is 8.75. The van der Waals surface area contributed by atoms with E-state index in [1.165, 1.54) is 0 Å². The molecule has 0 radical (unpaired) electrons. The molecule has 1 aromatic carbocycles. The van der Waals surface area contributed by atoms with Gasteiger partial charge in [-0.1, -0.05) is 52.5 Å². The molecule has 0 saturated heterocycles. The zero-order valence-corrected chi connectivity index (χ0v) is 33.3. The molecule has 0 bridgehead atoms. The number of carbonyl (C=O) groups is 2. The van der Waals surface area contributed by atoms with Crippen molar-refractivity contribution >= 4 is 34.1 Å². The maximum absolute atomic E-state index is 13.8. The molecule has 4 rings (SSSR count). The van der Waals surface area contributed by atoms with E-state index in [1.807, 2.05) is 35.9 Å². The van der Waals surface area contributed by atoms with Crippen molar-refractivity contribution < 1.29 is 23.5 Å². The first kappa shape index (κ1) is 38.3. The Kier molecular flexibility index (Phi) is 12.8. The largest absolute Gasteiger partial charge is 0.450 e. The summed E-state index contributed by atoms with van der Waals surface area (Å²) in [6.07, 6.45) is 5.48. The summed E-state index contributed by atoms with van der Waals surface area (Å²) in [7, 11) is -2.93. The summed E-state index contributed by atoms with van der Waals surface area (Å²) in [5, 5.41) is 11.0. The monoisotopic (exact) mass is 698 g/mol. The van der Waals surface area contributed by atoms with Crippen LogP contribution in [0.5, 0.6) is 0 Å². The van der Waals surface area contributed by atoms with Gasteiger partial charge in [0.2, 0.25) is 5.91 Å². The van der Waals surface area contributed by atoms with Crippen molar-refractivity contribution in [3.63, 3.8) is 0 Å². The lowest BCUT2D eigenvalue weighted by Crippen LogP contribution is -2.50. The first-order valence-corrected chi connectivity index (χ1v) is 24.7. The van der Waals surface area contributed by atoms with Crippen LogP contribution >= 0.6 is 0 Å². The van der Waals surface area contributed by atoms with E-state index in [2.05, 4.69) is 71.1 Å². The molecule has 268 valence electrons. The first-order chi connectivity index (χ1) is 22.5. The Hall–Kier alpha value is -2.48. The van der Waals surface area contributed by atoms with E-state index in [1.54, 1.807) is 0 Å². The second kappa shape index (κ2) is 16.0. The Morgan fingerprint density at radius 3 is 2.10 bits per heavy atom. The zero-order chi connectivity index (χ0) is 35.3. The fourth-order valence-corrected chi connectivity index (χ4v) is 7.86. The van der Waals surface area contributed by atoms with Crippen LogP contribution in [-0.4, -0.2) is 64.0 Å². The highest BCUT2D eigenvalue weighted by atomic mass is 28.4. The van der Waals surface area contributed by atoms with Crippen LogP contribution < -0.4 is 10.6 Å². The summed E-state index contributed by atoms with van der Waals surface area (Å²) < 4.78 is 19.7. The van der Waals surface area contributed by atoms with Gasteiger partial charge in [0.15, 0.2) is 8.32 Å². The minimum Gasteiger partial charge on any atom is -0.450 e. The van der Waals surface area contributed by atoms with Gasteiger partial charge in [-0.2, -0.15) is 5.10 Å². The summed E-state index contributed by atoms with van der Waals surface area (Å²) in [6.45, 7) is 24.5. The quantitative estimate of drug-likeness (QED) is 0.119. The Morgan fingerprint density at radius 2 is 1.54 bits per heavy atom. The van der Waals surface area contributed by atoms with Crippen molar-refractivity contribution in [2.45, 2.75) is 130 Å². The molecule has 9 nitrogen and oxygen atoms in total. The normalized spacial score (nSPS) is 16.2. The third kappa shape index (κ3) is 11.0. The lowest BCUT2D eigenvalue weighted by Gasteiger charge is -2.36. The molecule has 2 fully saturated rings. The number of nitrogens with zero attached hydrogens (tertiary/aromatic N) is 2. The predicted molar refractivity (Wildman–Crippen MR) is 199 cm³/mol. The van der Waals surface area contributed by atoms with Gasteiger partial charge in [-0.05, 0) is 112 Å². The standard InChI is InChI=1S/C37H62N4O5Si2/c1-26-32(27(2)41(40-26)25-44-23-24-47(6,7)8)28-17-19-31(20-18-28)38-35(42)34(33(29-13-14-29)30-15-16-30)39-36(43)45-21-11-12-22-46-48(9,10)37(3,4)5/h17-20,29-30,33-34H,11-16,21-25H2,1-10H3,(H,38,42)(H,39,43)/t34-/m0/s1. The Labute approximate surface area is 291 Å². The Morgan fingerprint density at radius 1 is 0.938 bits per heavy atom. The minimum atomic E-state index is -1.78. The van der Waals surface area contributed by atoms with E-state index in [4.69, 9.17) is 19.0 Å². The summed E-state index contributed by atoms with van der Waals surface area (Å²) in [6, 6.07) is 8.40. The van der Waals surface area contributed by atoms with Crippen LogP contribution in [-0.2, 0) is 25.4 Å². The van der Waals surface area contributed by atoms with Gasteiger partial charge in [0.25, 0.3) is 0 Å². The van der Waals surface area contributed by atoms with Gasteiger partial charge in [0.05, 0.1) is 12.3 Å². The molecule has 11 heteroatoms. The number of aromatic nitrogens is 2. The summed E-state index contributed by atoms with van der Waals surface area (Å²) in [4.78, 5) is 26.7. The number of ether oxygens (including phenoxy) is 2. The number of nitrogens with one attached hydrogen (secondary N) is 2. The topological polar surface area (TPSA) is 104 Å². The molecule has 1 heterocycles. The minimum absolute atomic E-state index is 0.138. The fraction of sp³-hybridized carbons (Fsp3) is 0.703. The van der Waals surface area contributed by atoms with Gasteiger partial charge in [-0.15, -0.1) is 0 Å². The number of unbranched alkanes of at least 4 members (excludes halogenated alkanes) is 1. The molecule has 0 unspecified atom stereocenters. The van der Waals surface area contributed by atoms with Crippen LogP contribution in [0.1, 0.15) is 70.7 Å². The van der Waals surface area contributed by atoms with E-state index in [0.29, 0.717) is 37.5 Å². The third-order valence-electron chi connectivity index (χ3n) is 10.3. The van der Waals surface area contributed by atoms with Gasteiger partial charge >= 0.3 is 6.09 Å². The summed E-state index contributed by atoms with van der Waals surface area (Å²) >= 11 is 0. The highest BCUT2D eigenvalue weighted by Gasteiger charge is 2.48. The van der Waals surface area contributed by atoms with Gasteiger partial charge in [-0.25, -0.2) is 9.48 Å². The van der Waals surface area contributed by atoms with E-state index < -0.39 is 28.5 Å². The highest BCUT2D eigenvalue weighted by molar-refractivity contribution is 6.76. The lowest BCUT2D eigenvalue weighted by molar-refractivity contribution is -0.119. The molecule has 1 aromatic heterocycles. The van der Waals surface area contributed by atoms with Crippen LogP contribution in [0.3, 0.4) is 0 Å². The van der Waals surface area contributed by atoms with Crippen molar-refractivity contribution in [3.8, 4) is 11.1 Å². The molecule has 2 saturated carbocycles. The number of aryl methyl sites for hydroxylation is 1. The van der Waals surface area contributed by atoms with Crippen molar-refractivity contribution in [3.05, 3.63) is 35.7 Å². The molecule has 48 heavy (non-hydrogen) atoms. The molecule has 2 aliphatic carbocycles. The van der Waals surface area contributed by atoms with Crippen LogP contribution in [0, 0.1) is 31.6 Å². The van der Waals surface area contributed by atoms with Gasteiger partial charge < -0.3 is 24.5 Å². The number of alkyl carbamates (subject to hydrolysis) is 1. The van der Waals surface area contributed by atoms with Crippen molar-refractivity contribution in [1.82, 2.24) is 15.1 Å². The van der Waals surface area contributed by atoms with Gasteiger partial charge in [0, 0.05) is 38.2 Å². The average molecular weight is 699 g/mol. The SMILES string of the molecule is Cc1nn(COCC[Si](C)(C)C)c(C)c1-c1ccc(NC(=O)[C@@H](NC(=O)OCCCCO[Si](C)(C)C(C)(C)C)C(C2CC2)C2CC2)cc1. The molecule has 0 aliphatic heterocycles. The molecular formula is C37H62N4O5Si2. The Bertz CT molecular complexity index is 1360. The van der Waals surface area contributed by atoms with Crippen LogP contribution in [0.15, 0.2) is 24.3 Å². The van der Waals surface area contributed by atoms with E-state index >= 15 is 0 Å². The highest BCUT2D eigenvalue weighted by Crippen LogP contribution is 2.51. The average Bonchev–Trinajstić information content (AvgIpc) is 3.92. The second-order valence-electron chi connectivity index (χ2n) is 16.8. The van der Waals surface area contributed by atoms with Crippen LogP contribution in [0.25, 0.3) is 11.1 Å². The molecule has 1 atom stereocenters.